The molecular weight excluding hydrogens is 246 g/mol. The van der Waals surface area contributed by atoms with Crippen molar-refractivity contribution in [1.29, 1.82) is 0 Å². The van der Waals surface area contributed by atoms with E-state index < -0.39 is 0 Å². The van der Waals surface area contributed by atoms with Crippen molar-refractivity contribution in [3.63, 3.8) is 0 Å². The minimum absolute atomic E-state index is 0.0507. The molecule has 0 radical (unpaired) electrons. The van der Waals surface area contributed by atoms with Crippen LogP contribution in [0.25, 0.3) is 0 Å². The van der Waals surface area contributed by atoms with Crippen molar-refractivity contribution in [2.24, 2.45) is 0 Å². The van der Waals surface area contributed by atoms with Gasteiger partial charge in [0.05, 0.1) is 19.3 Å². The molecule has 2 aliphatic rings. The van der Waals surface area contributed by atoms with E-state index in [0.717, 1.165) is 42.3 Å². The molecule has 1 N–H and O–H groups in total. The summed E-state index contributed by atoms with van der Waals surface area (Å²) >= 11 is 0. The van der Waals surface area contributed by atoms with Gasteiger partial charge in [0.1, 0.15) is 13.2 Å². The first kappa shape index (κ1) is 12.7. The Kier molecular flexibility index (Phi) is 3.87. The second kappa shape index (κ2) is 5.77. The molecule has 104 valence electrons. The van der Waals surface area contributed by atoms with Crippen LogP contribution >= 0.6 is 0 Å². The van der Waals surface area contributed by atoms with Crippen LogP contribution in [0.5, 0.6) is 11.5 Å². The third-order valence-corrected chi connectivity index (χ3v) is 3.41. The lowest BCUT2D eigenvalue weighted by molar-refractivity contribution is 0.0255. The molecule has 5 heteroatoms. The highest BCUT2D eigenvalue weighted by Gasteiger charge is 2.25. The highest BCUT2D eigenvalue weighted by Crippen LogP contribution is 2.39. The molecule has 3 rings (SSSR count). The first-order chi connectivity index (χ1) is 9.40. The Morgan fingerprint density at radius 2 is 2.16 bits per heavy atom. The molecule has 1 aromatic rings. The fourth-order valence-electron chi connectivity index (χ4n) is 2.55. The second-order valence-electron chi connectivity index (χ2n) is 4.65. The molecule has 5 nitrogen and oxygen atoms in total. The minimum Gasteiger partial charge on any atom is -0.486 e. The number of fused-ring (bicyclic) bond motifs is 1. The van der Waals surface area contributed by atoms with Crippen molar-refractivity contribution < 1.29 is 18.9 Å². The van der Waals surface area contributed by atoms with Gasteiger partial charge in [-0.15, -0.1) is 0 Å². The molecule has 1 aromatic carbocycles. The van der Waals surface area contributed by atoms with Crippen molar-refractivity contribution >= 4 is 0 Å². The fourth-order valence-corrected chi connectivity index (χ4v) is 2.55. The van der Waals surface area contributed by atoms with Crippen molar-refractivity contribution in [2.45, 2.75) is 12.7 Å². The second-order valence-corrected chi connectivity index (χ2v) is 4.65. The quantitative estimate of drug-likeness (QED) is 0.891. The van der Waals surface area contributed by atoms with Gasteiger partial charge in [0, 0.05) is 25.8 Å². The van der Waals surface area contributed by atoms with E-state index in [2.05, 4.69) is 11.4 Å². The molecule has 0 aliphatic carbocycles. The summed E-state index contributed by atoms with van der Waals surface area (Å²) in [6.07, 6.45) is 0.0507. The number of hydrogen-bond donors (Lipinski definition) is 1. The average Bonchev–Trinajstić information content (AvgIpc) is 2.49. The lowest BCUT2D eigenvalue weighted by Gasteiger charge is -2.28. The number of morpholine rings is 1. The van der Waals surface area contributed by atoms with E-state index in [1.807, 2.05) is 6.07 Å². The average molecular weight is 265 g/mol. The number of benzene rings is 1. The maximum atomic E-state index is 5.83. The lowest BCUT2D eigenvalue weighted by Crippen LogP contribution is -2.34. The smallest absolute Gasteiger partial charge is 0.167 e. The van der Waals surface area contributed by atoms with E-state index >= 15 is 0 Å². The van der Waals surface area contributed by atoms with Crippen LogP contribution in [0, 0.1) is 0 Å². The molecule has 1 unspecified atom stereocenters. The van der Waals surface area contributed by atoms with Gasteiger partial charge in [0.15, 0.2) is 11.5 Å². The van der Waals surface area contributed by atoms with E-state index in [-0.39, 0.29) is 6.10 Å². The van der Waals surface area contributed by atoms with Gasteiger partial charge in [0.25, 0.3) is 0 Å². The number of ether oxygens (including phenoxy) is 4. The SMILES string of the molecule is COCc1c(C2CNCCO2)ccc2c1OCCO2. The summed E-state index contributed by atoms with van der Waals surface area (Å²) in [5.41, 5.74) is 2.16. The first-order valence-corrected chi connectivity index (χ1v) is 6.63. The van der Waals surface area contributed by atoms with Crippen LogP contribution in [0.2, 0.25) is 0 Å². The molecule has 1 fully saturated rings. The van der Waals surface area contributed by atoms with E-state index in [1.54, 1.807) is 7.11 Å². The lowest BCUT2D eigenvalue weighted by atomic mass is 10.00. The topological polar surface area (TPSA) is 49.0 Å². The Bertz CT molecular complexity index is 443. The third-order valence-electron chi connectivity index (χ3n) is 3.41. The Labute approximate surface area is 112 Å². The third kappa shape index (κ3) is 2.54. The zero-order valence-corrected chi connectivity index (χ0v) is 11.1. The molecule has 0 saturated carbocycles. The first-order valence-electron chi connectivity index (χ1n) is 6.63. The Hall–Kier alpha value is -1.30. The van der Waals surface area contributed by atoms with Gasteiger partial charge in [-0.2, -0.15) is 0 Å². The molecule has 1 saturated heterocycles. The molecule has 0 aromatic heterocycles. The molecule has 0 bridgehead atoms. The summed E-state index contributed by atoms with van der Waals surface area (Å²) in [4.78, 5) is 0. The molecule has 0 spiro atoms. The van der Waals surface area contributed by atoms with Gasteiger partial charge >= 0.3 is 0 Å². The molecule has 0 amide bonds. The minimum atomic E-state index is 0.0507. The summed E-state index contributed by atoms with van der Waals surface area (Å²) in [6.45, 7) is 4.13. The maximum absolute atomic E-state index is 5.83. The van der Waals surface area contributed by atoms with E-state index in [4.69, 9.17) is 18.9 Å². The predicted octanol–water partition coefficient (Wildman–Crippen LogP) is 1.27. The fraction of sp³-hybridized carbons (Fsp3) is 0.571. The van der Waals surface area contributed by atoms with E-state index in [0.29, 0.717) is 19.8 Å². The van der Waals surface area contributed by atoms with Crippen LogP contribution < -0.4 is 14.8 Å². The molecule has 19 heavy (non-hydrogen) atoms. The normalized spacial score (nSPS) is 22.3. The summed E-state index contributed by atoms with van der Waals surface area (Å²) in [6, 6.07) is 4.01. The summed E-state index contributed by atoms with van der Waals surface area (Å²) in [5.74, 6) is 1.60. The van der Waals surface area contributed by atoms with Crippen molar-refractivity contribution in [3.05, 3.63) is 23.3 Å². The molecule has 2 heterocycles. The Morgan fingerprint density at radius 1 is 1.26 bits per heavy atom. The number of hydrogen-bond acceptors (Lipinski definition) is 5. The standard InChI is InChI=1S/C14H19NO4/c1-16-9-11-10(13-8-15-4-5-17-13)2-3-12-14(11)19-7-6-18-12/h2-3,13,15H,4-9H2,1H3. The van der Waals surface area contributed by atoms with Crippen LogP contribution in [0.15, 0.2) is 12.1 Å². The van der Waals surface area contributed by atoms with E-state index in [1.165, 1.54) is 0 Å². The summed E-state index contributed by atoms with van der Waals surface area (Å²) in [5, 5.41) is 3.34. The van der Waals surface area contributed by atoms with Crippen LogP contribution in [0.3, 0.4) is 0 Å². The molecule has 1 atom stereocenters. The highest BCUT2D eigenvalue weighted by molar-refractivity contribution is 5.52. The number of methoxy groups -OCH3 is 1. The highest BCUT2D eigenvalue weighted by atomic mass is 16.6. The number of nitrogens with one attached hydrogen (secondary N) is 1. The zero-order chi connectivity index (χ0) is 13.1. The largest absolute Gasteiger partial charge is 0.486 e. The summed E-state index contributed by atoms with van der Waals surface area (Å²) < 4.78 is 22.5. The van der Waals surface area contributed by atoms with Gasteiger partial charge < -0.3 is 24.3 Å². The number of rotatable bonds is 3. The zero-order valence-electron chi connectivity index (χ0n) is 11.1. The van der Waals surface area contributed by atoms with Crippen LogP contribution in [-0.2, 0) is 16.1 Å². The van der Waals surface area contributed by atoms with Crippen LogP contribution in [0.4, 0.5) is 0 Å². The summed E-state index contributed by atoms with van der Waals surface area (Å²) in [7, 11) is 1.69. The maximum Gasteiger partial charge on any atom is 0.167 e. The molecule has 2 aliphatic heterocycles. The van der Waals surface area contributed by atoms with Gasteiger partial charge in [0.2, 0.25) is 0 Å². The van der Waals surface area contributed by atoms with E-state index in [9.17, 15) is 0 Å². The van der Waals surface area contributed by atoms with Gasteiger partial charge in [-0.1, -0.05) is 6.07 Å². The van der Waals surface area contributed by atoms with Gasteiger partial charge in [-0.05, 0) is 11.6 Å². The van der Waals surface area contributed by atoms with Crippen molar-refractivity contribution in [3.8, 4) is 11.5 Å². The predicted molar refractivity (Wildman–Crippen MR) is 69.7 cm³/mol. The Morgan fingerprint density at radius 3 is 2.95 bits per heavy atom. The van der Waals surface area contributed by atoms with Gasteiger partial charge in [-0.25, -0.2) is 0 Å². The van der Waals surface area contributed by atoms with Crippen LogP contribution in [0.1, 0.15) is 17.2 Å². The van der Waals surface area contributed by atoms with Crippen LogP contribution in [-0.4, -0.2) is 40.0 Å². The molecular formula is C14H19NO4. The van der Waals surface area contributed by atoms with Gasteiger partial charge in [-0.3, -0.25) is 0 Å². The monoisotopic (exact) mass is 265 g/mol. The van der Waals surface area contributed by atoms with Crippen molar-refractivity contribution in [1.82, 2.24) is 5.32 Å². The Balaban J connectivity index is 1.97. The van der Waals surface area contributed by atoms with Crippen molar-refractivity contribution in [2.75, 3.05) is 40.0 Å².